The second kappa shape index (κ2) is 11.5. The van der Waals surface area contributed by atoms with E-state index < -0.39 is 5.91 Å². The Morgan fingerprint density at radius 1 is 0.861 bits per heavy atom. The van der Waals surface area contributed by atoms with Gasteiger partial charge in [0.25, 0.3) is 5.91 Å². The number of phenolic OH excluding ortho intramolecular Hbond substituents is 1. The minimum absolute atomic E-state index is 0.0610. The third kappa shape index (κ3) is 5.88. The molecule has 5 nitrogen and oxygen atoms in total. The molecule has 0 aliphatic rings. The van der Waals surface area contributed by atoms with Crippen molar-refractivity contribution in [1.29, 1.82) is 0 Å². The van der Waals surface area contributed by atoms with Gasteiger partial charge in [0.1, 0.15) is 17.2 Å². The van der Waals surface area contributed by atoms with E-state index in [1.165, 1.54) is 0 Å². The molecule has 36 heavy (non-hydrogen) atoms. The van der Waals surface area contributed by atoms with E-state index in [-0.39, 0.29) is 11.3 Å². The molecule has 6 heteroatoms. The summed E-state index contributed by atoms with van der Waals surface area (Å²) in [6, 6.07) is 25.5. The Morgan fingerprint density at radius 2 is 1.47 bits per heavy atom. The van der Waals surface area contributed by atoms with Crippen LogP contribution in [0.1, 0.15) is 21.5 Å². The standard InChI is InChI=1S/C30H26ClNO4/c1-35-25-15-6-20(7-16-25)4-3-5-22-10-19-27(21-8-17-26(36-2)18-9-21)28(29(22)33)30(34)32-24-13-11-23(31)12-14-24/h3-4,6-19,33H,5H2,1-2H3,(H,32,34)/b4-3+. The Labute approximate surface area is 215 Å². The fourth-order valence-corrected chi connectivity index (χ4v) is 3.93. The third-order valence-corrected chi connectivity index (χ3v) is 6.01. The number of rotatable bonds is 8. The van der Waals surface area contributed by atoms with Gasteiger partial charge < -0.3 is 19.9 Å². The Kier molecular flexibility index (Phi) is 7.93. The highest BCUT2D eigenvalue weighted by molar-refractivity contribution is 6.30. The number of hydrogen-bond acceptors (Lipinski definition) is 4. The van der Waals surface area contributed by atoms with Crippen LogP contribution in [0.3, 0.4) is 0 Å². The molecule has 2 N–H and O–H groups in total. The van der Waals surface area contributed by atoms with Crippen molar-refractivity contribution in [3.63, 3.8) is 0 Å². The van der Waals surface area contributed by atoms with Crippen LogP contribution in [-0.2, 0) is 6.42 Å². The van der Waals surface area contributed by atoms with Crippen molar-refractivity contribution in [2.24, 2.45) is 0 Å². The van der Waals surface area contributed by atoms with Gasteiger partial charge in [-0.3, -0.25) is 4.79 Å². The first kappa shape index (κ1) is 24.9. The van der Waals surface area contributed by atoms with E-state index in [1.807, 2.05) is 72.8 Å². The molecule has 0 aliphatic carbocycles. The average Bonchev–Trinajstić information content (AvgIpc) is 2.91. The molecule has 0 radical (unpaired) electrons. The summed E-state index contributed by atoms with van der Waals surface area (Å²) in [5.41, 5.74) is 3.82. The van der Waals surface area contributed by atoms with Crippen LogP contribution in [0, 0.1) is 0 Å². The van der Waals surface area contributed by atoms with Gasteiger partial charge in [-0.15, -0.1) is 0 Å². The summed E-state index contributed by atoms with van der Waals surface area (Å²) in [5, 5.41) is 14.7. The smallest absolute Gasteiger partial charge is 0.260 e. The van der Waals surface area contributed by atoms with Crippen molar-refractivity contribution < 1.29 is 19.4 Å². The molecule has 0 saturated heterocycles. The molecule has 0 bridgehead atoms. The van der Waals surface area contributed by atoms with Gasteiger partial charge in [-0.1, -0.05) is 60.2 Å². The number of benzene rings is 4. The van der Waals surface area contributed by atoms with Crippen molar-refractivity contribution >= 4 is 29.3 Å². The van der Waals surface area contributed by atoms with Gasteiger partial charge in [0, 0.05) is 10.7 Å². The number of carbonyl (C=O) groups excluding carboxylic acids is 1. The number of nitrogens with one attached hydrogen (secondary N) is 1. The number of phenols is 1. The molecule has 4 aromatic carbocycles. The number of anilines is 1. The number of halogens is 1. The predicted octanol–water partition coefficient (Wildman–Crippen LogP) is 7.24. The Hall–Kier alpha value is -4.22. The summed E-state index contributed by atoms with van der Waals surface area (Å²) in [5.74, 6) is 1.02. The molecule has 0 aromatic heterocycles. The monoisotopic (exact) mass is 499 g/mol. The van der Waals surface area contributed by atoms with Crippen LogP contribution in [0.2, 0.25) is 5.02 Å². The lowest BCUT2D eigenvalue weighted by Crippen LogP contribution is -2.14. The number of methoxy groups -OCH3 is 2. The zero-order chi connectivity index (χ0) is 25.5. The lowest BCUT2D eigenvalue weighted by atomic mass is 9.94. The number of amides is 1. The highest BCUT2D eigenvalue weighted by atomic mass is 35.5. The van der Waals surface area contributed by atoms with Crippen LogP contribution >= 0.6 is 11.6 Å². The maximum Gasteiger partial charge on any atom is 0.260 e. The molecule has 4 rings (SSSR count). The Morgan fingerprint density at radius 3 is 2.08 bits per heavy atom. The molecule has 0 aliphatic heterocycles. The van der Waals surface area contributed by atoms with Gasteiger partial charge >= 0.3 is 0 Å². The zero-order valence-corrected chi connectivity index (χ0v) is 20.8. The topological polar surface area (TPSA) is 67.8 Å². The summed E-state index contributed by atoms with van der Waals surface area (Å²) in [6.45, 7) is 0. The first-order valence-corrected chi connectivity index (χ1v) is 11.7. The minimum atomic E-state index is -0.415. The molecule has 0 spiro atoms. The summed E-state index contributed by atoms with van der Waals surface area (Å²) in [6.07, 6.45) is 4.36. The molecular weight excluding hydrogens is 474 g/mol. The normalized spacial score (nSPS) is 10.9. The fraction of sp³-hybridized carbons (Fsp3) is 0.100. The lowest BCUT2D eigenvalue weighted by molar-refractivity contribution is 0.102. The summed E-state index contributed by atoms with van der Waals surface area (Å²) >= 11 is 5.97. The summed E-state index contributed by atoms with van der Waals surface area (Å²) < 4.78 is 10.4. The van der Waals surface area contributed by atoms with Gasteiger partial charge in [0.2, 0.25) is 0 Å². The molecule has 4 aromatic rings. The number of allylic oxidation sites excluding steroid dienone is 1. The van der Waals surface area contributed by atoms with Gasteiger partial charge in [0.15, 0.2) is 0 Å². The molecule has 0 atom stereocenters. The highest BCUT2D eigenvalue weighted by Gasteiger charge is 2.20. The van der Waals surface area contributed by atoms with Crippen molar-refractivity contribution in [2.45, 2.75) is 6.42 Å². The van der Waals surface area contributed by atoms with Crippen LogP contribution in [0.5, 0.6) is 17.2 Å². The molecule has 1 amide bonds. The van der Waals surface area contributed by atoms with Crippen molar-refractivity contribution in [2.75, 3.05) is 19.5 Å². The molecule has 0 fully saturated rings. The van der Waals surface area contributed by atoms with E-state index in [1.54, 1.807) is 38.5 Å². The van der Waals surface area contributed by atoms with Gasteiger partial charge in [-0.2, -0.15) is 0 Å². The Balaban J connectivity index is 1.67. The third-order valence-electron chi connectivity index (χ3n) is 5.76. The van der Waals surface area contributed by atoms with Gasteiger partial charge in [0.05, 0.1) is 19.8 Å². The predicted molar refractivity (Wildman–Crippen MR) is 145 cm³/mol. The highest BCUT2D eigenvalue weighted by Crippen LogP contribution is 2.35. The number of hydrogen-bond donors (Lipinski definition) is 2. The number of aromatic hydroxyl groups is 1. The maximum atomic E-state index is 13.4. The van der Waals surface area contributed by atoms with Crippen LogP contribution < -0.4 is 14.8 Å². The van der Waals surface area contributed by atoms with Gasteiger partial charge in [-0.05, 0) is 77.2 Å². The summed E-state index contributed by atoms with van der Waals surface area (Å²) in [7, 11) is 3.23. The number of ether oxygens (including phenoxy) is 2. The largest absolute Gasteiger partial charge is 0.507 e. The van der Waals surface area contributed by atoms with Crippen molar-refractivity contribution in [3.8, 4) is 28.4 Å². The second-order valence-electron chi connectivity index (χ2n) is 8.07. The fourth-order valence-electron chi connectivity index (χ4n) is 3.80. The first-order valence-electron chi connectivity index (χ1n) is 11.4. The van der Waals surface area contributed by atoms with E-state index in [0.29, 0.717) is 34.0 Å². The summed E-state index contributed by atoms with van der Waals surface area (Å²) in [4.78, 5) is 13.4. The SMILES string of the molecule is COc1ccc(/C=C/Cc2ccc(-c3ccc(OC)cc3)c(C(=O)Nc3ccc(Cl)cc3)c2O)cc1. The molecule has 182 valence electrons. The van der Waals surface area contributed by atoms with Crippen LogP contribution in [0.4, 0.5) is 5.69 Å². The van der Waals surface area contributed by atoms with E-state index in [0.717, 1.165) is 16.9 Å². The molecule has 0 unspecified atom stereocenters. The van der Waals surface area contributed by atoms with Crippen molar-refractivity contribution in [1.82, 2.24) is 0 Å². The van der Waals surface area contributed by atoms with E-state index in [4.69, 9.17) is 21.1 Å². The molecule has 0 saturated carbocycles. The van der Waals surface area contributed by atoms with Crippen LogP contribution in [0.15, 0.2) is 91.0 Å². The number of carbonyl (C=O) groups is 1. The quantitative estimate of drug-likeness (QED) is 0.268. The average molecular weight is 500 g/mol. The van der Waals surface area contributed by atoms with E-state index in [9.17, 15) is 9.90 Å². The van der Waals surface area contributed by atoms with Crippen LogP contribution in [-0.4, -0.2) is 25.2 Å². The molecule has 0 heterocycles. The molecular formula is C30H26ClNO4. The minimum Gasteiger partial charge on any atom is -0.507 e. The first-order chi connectivity index (χ1) is 17.5. The Bertz CT molecular complexity index is 1360. The second-order valence-corrected chi connectivity index (χ2v) is 8.50. The van der Waals surface area contributed by atoms with E-state index in [2.05, 4.69) is 5.32 Å². The zero-order valence-electron chi connectivity index (χ0n) is 20.0. The van der Waals surface area contributed by atoms with Crippen molar-refractivity contribution in [3.05, 3.63) is 113 Å². The van der Waals surface area contributed by atoms with E-state index >= 15 is 0 Å². The van der Waals surface area contributed by atoms with Crippen LogP contribution in [0.25, 0.3) is 17.2 Å². The van der Waals surface area contributed by atoms with Gasteiger partial charge in [-0.25, -0.2) is 0 Å². The lowest BCUT2D eigenvalue weighted by Gasteiger charge is -2.15. The maximum absolute atomic E-state index is 13.4.